The van der Waals surface area contributed by atoms with Crippen molar-refractivity contribution in [1.29, 1.82) is 0 Å². The molecule has 0 unspecified atom stereocenters. The minimum absolute atomic E-state index is 0.386. The monoisotopic (exact) mass is 288 g/mol. The molecule has 0 bridgehead atoms. The molecule has 1 aliphatic carbocycles. The van der Waals surface area contributed by atoms with E-state index in [1.165, 1.54) is 72.8 Å². The van der Waals surface area contributed by atoms with Crippen LogP contribution in [0.5, 0.6) is 5.75 Å². The van der Waals surface area contributed by atoms with Gasteiger partial charge in [-0.1, -0.05) is 44.9 Å². The number of thiophene rings is 1. The van der Waals surface area contributed by atoms with Crippen molar-refractivity contribution in [1.82, 2.24) is 0 Å². The highest BCUT2D eigenvalue weighted by Crippen LogP contribution is 2.38. The first-order valence-corrected chi connectivity index (χ1v) is 8.87. The van der Waals surface area contributed by atoms with Crippen molar-refractivity contribution >= 4 is 21.4 Å². The molecule has 1 aromatic carbocycles. The first-order valence-electron chi connectivity index (χ1n) is 8.05. The molecule has 1 N–H and O–H groups in total. The molecule has 0 saturated heterocycles. The predicted octanol–water partition coefficient (Wildman–Crippen LogP) is 6.22. The summed E-state index contributed by atoms with van der Waals surface area (Å²) in [6, 6.07) is 8.11. The highest BCUT2D eigenvalue weighted by Gasteiger charge is 2.15. The quantitative estimate of drug-likeness (QED) is 0.661. The molecule has 0 aliphatic heterocycles. The van der Waals surface area contributed by atoms with Crippen LogP contribution >= 0.6 is 11.3 Å². The van der Waals surface area contributed by atoms with Gasteiger partial charge in [0.05, 0.1) is 0 Å². The van der Waals surface area contributed by atoms with E-state index in [4.69, 9.17) is 0 Å². The van der Waals surface area contributed by atoms with Crippen LogP contribution in [0.25, 0.3) is 10.1 Å². The summed E-state index contributed by atoms with van der Waals surface area (Å²) in [7, 11) is 0. The van der Waals surface area contributed by atoms with Crippen molar-refractivity contribution < 1.29 is 5.11 Å². The van der Waals surface area contributed by atoms with Gasteiger partial charge in [0.15, 0.2) is 0 Å². The van der Waals surface area contributed by atoms with Crippen molar-refractivity contribution in [3.63, 3.8) is 0 Å². The van der Waals surface area contributed by atoms with Gasteiger partial charge in [-0.05, 0) is 48.4 Å². The minimum Gasteiger partial charge on any atom is -0.508 e. The van der Waals surface area contributed by atoms with Gasteiger partial charge in [0.2, 0.25) is 0 Å². The average molecular weight is 288 g/mol. The number of hydrogen-bond acceptors (Lipinski definition) is 2. The normalized spacial score (nSPS) is 19.2. The van der Waals surface area contributed by atoms with Crippen molar-refractivity contribution in [2.75, 3.05) is 0 Å². The topological polar surface area (TPSA) is 20.2 Å². The number of phenols is 1. The second kappa shape index (κ2) is 6.62. The molecule has 0 amide bonds. The SMILES string of the molecule is Oc1ccc2cc(C3CCCCCCCCC3)sc2c1. The fourth-order valence-corrected chi connectivity index (χ4v) is 4.60. The molecule has 0 spiro atoms. The van der Waals surface area contributed by atoms with Crippen LogP contribution in [0.3, 0.4) is 0 Å². The Morgan fingerprint density at radius 3 is 2.20 bits per heavy atom. The highest BCUT2D eigenvalue weighted by atomic mass is 32.1. The maximum absolute atomic E-state index is 9.61. The van der Waals surface area contributed by atoms with E-state index in [1.54, 1.807) is 6.07 Å². The molecule has 2 aromatic rings. The standard InChI is InChI=1S/C18H24OS/c19-16-11-10-15-12-17(20-18(15)13-16)14-8-6-4-2-1-3-5-7-9-14/h10-14,19H,1-9H2. The van der Waals surface area contributed by atoms with E-state index < -0.39 is 0 Å². The molecule has 0 radical (unpaired) electrons. The van der Waals surface area contributed by atoms with Gasteiger partial charge in [0, 0.05) is 9.58 Å². The van der Waals surface area contributed by atoms with Crippen LogP contribution in [-0.2, 0) is 0 Å². The summed E-state index contributed by atoms with van der Waals surface area (Å²) in [5.41, 5.74) is 0. The first-order chi connectivity index (χ1) is 9.83. The molecule has 3 rings (SSSR count). The third-order valence-corrected chi connectivity index (χ3v) is 5.79. The van der Waals surface area contributed by atoms with Gasteiger partial charge in [-0.2, -0.15) is 0 Å². The zero-order valence-electron chi connectivity index (χ0n) is 12.1. The Morgan fingerprint density at radius 2 is 1.50 bits per heavy atom. The average Bonchev–Trinajstić information content (AvgIpc) is 2.87. The summed E-state index contributed by atoms with van der Waals surface area (Å²) >= 11 is 1.89. The second-order valence-electron chi connectivity index (χ2n) is 6.12. The molecular formula is C18H24OS. The highest BCUT2D eigenvalue weighted by molar-refractivity contribution is 7.19. The van der Waals surface area contributed by atoms with Crippen LogP contribution in [-0.4, -0.2) is 5.11 Å². The van der Waals surface area contributed by atoms with E-state index in [2.05, 4.69) is 6.07 Å². The van der Waals surface area contributed by atoms with Crippen molar-refractivity contribution in [2.24, 2.45) is 0 Å². The molecule has 0 atom stereocenters. The Hall–Kier alpha value is -1.02. The number of aromatic hydroxyl groups is 1. The third-order valence-electron chi connectivity index (χ3n) is 4.53. The van der Waals surface area contributed by atoms with Gasteiger partial charge in [0.1, 0.15) is 5.75 Å². The fourth-order valence-electron chi connectivity index (χ4n) is 3.34. The van der Waals surface area contributed by atoms with Gasteiger partial charge in [-0.3, -0.25) is 0 Å². The zero-order chi connectivity index (χ0) is 13.8. The van der Waals surface area contributed by atoms with Gasteiger partial charge in [-0.15, -0.1) is 11.3 Å². The molecule has 1 nitrogen and oxygen atoms in total. The Balaban J connectivity index is 1.79. The largest absolute Gasteiger partial charge is 0.508 e. The number of fused-ring (bicyclic) bond motifs is 1. The molecule has 2 heteroatoms. The van der Waals surface area contributed by atoms with Crippen LogP contribution in [0.2, 0.25) is 0 Å². The van der Waals surface area contributed by atoms with Gasteiger partial charge in [-0.25, -0.2) is 0 Å². The number of rotatable bonds is 1. The molecular weight excluding hydrogens is 264 g/mol. The molecule has 1 aliphatic rings. The molecule has 20 heavy (non-hydrogen) atoms. The summed E-state index contributed by atoms with van der Waals surface area (Å²) < 4.78 is 1.23. The fraction of sp³-hybridized carbons (Fsp3) is 0.556. The van der Waals surface area contributed by atoms with E-state index in [0.717, 1.165) is 5.92 Å². The Kier molecular flexibility index (Phi) is 4.62. The van der Waals surface area contributed by atoms with Gasteiger partial charge >= 0.3 is 0 Å². The van der Waals surface area contributed by atoms with Crippen LogP contribution in [0.1, 0.15) is 68.6 Å². The lowest BCUT2D eigenvalue weighted by molar-refractivity contribution is 0.466. The Labute approximate surface area is 125 Å². The van der Waals surface area contributed by atoms with Crippen molar-refractivity contribution in [3.8, 4) is 5.75 Å². The van der Waals surface area contributed by atoms with E-state index in [1.807, 2.05) is 23.5 Å². The maximum atomic E-state index is 9.61. The third kappa shape index (κ3) is 3.35. The van der Waals surface area contributed by atoms with E-state index >= 15 is 0 Å². The molecule has 1 fully saturated rings. The molecule has 1 heterocycles. The summed E-state index contributed by atoms with van der Waals surface area (Å²) in [4.78, 5) is 1.53. The minimum atomic E-state index is 0.386. The number of hydrogen-bond donors (Lipinski definition) is 1. The van der Waals surface area contributed by atoms with Crippen LogP contribution < -0.4 is 0 Å². The second-order valence-corrected chi connectivity index (χ2v) is 7.24. The number of benzene rings is 1. The van der Waals surface area contributed by atoms with Crippen molar-refractivity contribution in [2.45, 2.75) is 63.7 Å². The van der Waals surface area contributed by atoms with Crippen LogP contribution in [0, 0.1) is 0 Å². The molecule has 1 aromatic heterocycles. The van der Waals surface area contributed by atoms with E-state index in [0.29, 0.717) is 5.75 Å². The maximum Gasteiger partial charge on any atom is 0.117 e. The predicted molar refractivity (Wildman–Crippen MR) is 87.8 cm³/mol. The van der Waals surface area contributed by atoms with Crippen LogP contribution in [0.4, 0.5) is 0 Å². The number of phenolic OH excluding ortho intramolecular Hbond substituents is 1. The van der Waals surface area contributed by atoms with Gasteiger partial charge in [0.25, 0.3) is 0 Å². The smallest absolute Gasteiger partial charge is 0.117 e. The summed E-state index contributed by atoms with van der Waals surface area (Å²) in [6.07, 6.45) is 12.5. The lowest BCUT2D eigenvalue weighted by atomic mass is 9.91. The summed E-state index contributed by atoms with van der Waals surface area (Å²) in [6.45, 7) is 0. The first kappa shape index (κ1) is 13.9. The van der Waals surface area contributed by atoms with Gasteiger partial charge < -0.3 is 5.11 Å². The summed E-state index contributed by atoms with van der Waals surface area (Å²) in [5.74, 6) is 1.13. The lowest BCUT2D eigenvalue weighted by Gasteiger charge is -2.17. The van der Waals surface area contributed by atoms with Crippen molar-refractivity contribution in [3.05, 3.63) is 29.1 Å². The zero-order valence-corrected chi connectivity index (χ0v) is 12.9. The van der Waals surface area contributed by atoms with Crippen LogP contribution in [0.15, 0.2) is 24.3 Å². The van der Waals surface area contributed by atoms with E-state index in [9.17, 15) is 5.11 Å². The summed E-state index contributed by atoms with van der Waals surface area (Å²) in [5, 5.41) is 10.9. The lowest BCUT2D eigenvalue weighted by Crippen LogP contribution is -1.99. The molecule has 1 saturated carbocycles. The Bertz CT molecular complexity index is 548. The molecule has 108 valence electrons. The Morgan fingerprint density at radius 1 is 0.850 bits per heavy atom. The van der Waals surface area contributed by atoms with E-state index in [-0.39, 0.29) is 0 Å².